The molecule has 9 nitrogen and oxygen atoms in total. The molecule has 154 valence electrons. The zero-order valence-electron chi connectivity index (χ0n) is 15.5. The molecule has 3 aromatic rings. The van der Waals surface area contributed by atoms with E-state index in [-0.39, 0.29) is 31.3 Å². The normalized spacial score (nSPS) is 10.9. The zero-order valence-corrected chi connectivity index (χ0v) is 16.4. The minimum atomic E-state index is -1.21. The second kappa shape index (κ2) is 9.43. The molecule has 0 atom stereocenters. The van der Waals surface area contributed by atoms with Gasteiger partial charge in [0.05, 0.1) is 23.9 Å². The number of anilines is 1. The Morgan fingerprint density at radius 2 is 2.03 bits per heavy atom. The van der Waals surface area contributed by atoms with Crippen LogP contribution in [-0.4, -0.2) is 62.8 Å². The molecule has 0 radical (unpaired) electrons. The second-order valence-corrected chi connectivity index (χ2v) is 6.39. The van der Waals surface area contributed by atoms with Crippen molar-refractivity contribution in [2.75, 3.05) is 37.8 Å². The summed E-state index contributed by atoms with van der Waals surface area (Å²) < 4.78 is 33.2. The molecular weight excluding hydrogens is 403 g/mol. The predicted octanol–water partition coefficient (Wildman–Crippen LogP) is 2.20. The highest BCUT2D eigenvalue weighted by molar-refractivity contribution is 6.99. The van der Waals surface area contributed by atoms with Gasteiger partial charge in [-0.05, 0) is 25.1 Å². The average molecular weight is 422 g/mol. The summed E-state index contributed by atoms with van der Waals surface area (Å²) in [7, 11) is 0. The van der Waals surface area contributed by atoms with Gasteiger partial charge in [-0.3, -0.25) is 0 Å². The van der Waals surface area contributed by atoms with E-state index in [9.17, 15) is 14.3 Å². The van der Waals surface area contributed by atoms with Crippen molar-refractivity contribution in [2.45, 2.75) is 6.92 Å². The molecule has 0 aliphatic heterocycles. The van der Waals surface area contributed by atoms with E-state index in [1.165, 1.54) is 24.3 Å². The Labute approximate surface area is 169 Å². The monoisotopic (exact) mass is 422 g/mol. The Kier molecular flexibility index (Phi) is 6.73. The van der Waals surface area contributed by atoms with Gasteiger partial charge in [-0.15, -0.1) is 4.37 Å². The van der Waals surface area contributed by atoms with E-state index in [2.05, 4.69) is 13.7 Å². The number of hydrogen-bond donors (Lipinski definition) is 2. The summed E-state index contributed by atoms with van der Waals surface area (Å²) in [5, 5.41) is 18.7. The topological polar surface area (TPSA) is 118 Å². The van der Waals surface area contributed by atoms with Crippen LogP contribution in [0.2, 0.25) is 0 Å². The van der Waals surface area contributed by atoms with Crippen LogP contribution in [0.5, 0.6) is 11.6 Å². The highest BCUT2D eigenvalue weighted by Gasteiger charge is 2.16. The van der Waals surface area contributed by atoms with Crippen LogP contribution >= 0.6 is 11.7 Å². The summed E-state index contributed by atoms with van der Waals surface area (Å²) in [5.74, 6) is -0.631. The molecule has 0 fully saturated rings. The van der Waals surface area contributed by atoms with Crippen LogP contribution in [-0.2, 0) is 0 Å². The maximum Gasteiger partial charge on any atom is 0.354 e. The number of carboxylic acids is 1. The number of carbonyl (C=O) groups is 1. The Morgan fingerprint density at radius 1 is 1.24 bits per heavy atom. The molecule has 0 aliphatic rings. The molecule has 3 rings (SSSR count). The molecule has 0 bridgehead atoms. The largest absolute Gasteiger partial charge is 0.489 e. The Balaban J connectivity index is 1.70. The summed E-state index contributed by atoms with van der Waals surface area (Å²) in [6.45, 7) is 3.11. The van der Waals surface area contributed by atoms with E-state index in [1.807, 2.05) is 11.8 Å². The number of carboxylic acid groups (broad SMARTS) is 1. The number of fused-ring (bicyclic) bond motifs is 1. The fraction of sp³-hybridized carbons (Fsp3) is 0.333. The standard InChI is InChI=1S/C18H19FN4O5S/c1-2-23(5-6-24)16-17(22-29-21-16)28-8-7-27-15-10-14(18(25)26)20-13-4-3-11(19)9-12(13)15/h3-4,9-10,24H,2,5-8H2,1H3,(H,25,26). The molecule has 29 heavy (non-hydrogen) atoms. The van der Waals surface area contributed by atoms with E-state index >= 15 is 0 Å². The number of likely N-dealkylation sites (N-methyl/N-ethyl adjacent to an activating group) is 1. The van der Waals surface area contributed by atoms with Crippen LogP contribution in [0.1, 0.15) is 17.4 Å². The lowest BCUT2D eigenvalue weighted by Gasteiger charge is -2.19. The quantitative estimate of drug-likeness (QED) is 0.474. The van der Waals surface area contributed by atoms with E-state index in [4.69, 9.17) is 14.6 Å². The molecule has 0 saturated heterocycles. The van der Waals surface area contributed by atoms with Crippen molar-refractivity contribution in [1.29, 1.82) is 0 Å². The number of halogens is 1. The minimum Gasteiger partial charge on any atom is -0.489 e. The van der Waals surface area contributed by atoms with Crippen molar-refractivity contribution in [2.24, 2.45) is 0 Å². The van der Waals surface area contributed by atoms with Crippen molar-refractivity contribution >= 4 is 34.4 Å². The molecule has 0 amide bonds. The van der Waals surface area contributed by atoms with Gasteiger partial charge >= 0.3 is 5.97 Å². The maximum absolute atomic E-state index is 13.6. The number of aliphatic hydroxyl groups excluding tert-OH is 1. The van der Waals surface area contributed by atoms with Crippen LogP contribution in [0.25, 0.3) is 10.9 Å². The third kappa shape index (κ3) is 4.87. The van der Waals surface area contributed by atoms with Gasteiger partial charge in [0, 0.05) is 24.5 Å². The molecule has 0 spiro atoms. The SMILES string of the molecule is CCN(CCO)c1nsnc1OCCOc1cc(C(=O)O)nc2ccc(F)cc12. The number of ether oxygens (including phenoxy) is 2. The van der Waals surface area contributed by atoms with Crippen molar-refractivity contribution in [3.8, 4) is 11.6 Å². The molecule has 2 aromatic heterocycles. The van der Waals surface area contributed by atoms with E-state index in [0.717, 1.165) is 11.7 Å². The summed E-state index contributed by atoms with van der Waals surface area (Å²) in [4.78, 5) is 17.1. The Morgan fingerprint density at radius 3 is 2.76 bits per heavy atom. The molecular formula is C18H19FN4O5S. The molecule has 0 aliphatic carbocycles. The first-order valence-corrected chi connectivity index (χ1v) is 9.54. The summed E-state index contributed by atoms with van der Waals surface area (Å²) in [6, 6.07) is 5.09. The number of nitrogens with zero attached hydrogens (tertiary/aromatic N) is 4. The number of pyridine rings is 1. The van der Waals surface area contributed by atoms with Crippen molar-refractivity contribution in [3.63, 3.8) is 0 Å². The third-order valence-electron chi connectivity index (χ3n) is 4.03. The smallest absolute Gasteiger partial charge is 0.354 e. The maximum atomic E-state index is 13.6. The van der Waals surface area contributed by atoms with Gasteiger partial charge in [0.15, 0.2) is 5.69 Å². The lowest BCUT2D eigenvalue weighted by Crippen LogP contribution is -2.27. The number of hydrogen-bond acceptors (Lipinski definition) is 9. The van der Waals surface area contributed by atoms with Gasteiger partial charge < -0.3 is 24.6 Å². The first-order valence-electron chi connectivity index (χ1n) is 8.81. The summed E-state index contributed by atoms with van der Waals surface area (Å²) >= 11 is 0.995. The molecule has 2 heterocycles. The molecule has 1 aromatic carbocycles. The fourth-order valence-electron chi connectivity index (χ4n) is 2.68. The second-order valence-electron chi connectivity index (χ2n) is 5.87. The molecule has 0 unspecified atom stereocenters. The zero-order chi connectivity index (χ0) is 20.8. The Hall–Kier alpha value is -3.05. The van der Waals surface area contributed by atoms with Crippen LogP contribution < -0.4 is 14.4 Å². The number of aromatic carboxylic acids is 1. The van der Waals surface area contributed by atoms with E-state index in [0.29, 0.717) is 35.7 Å². The van der Waals surface area contributed by atoms with Crippen LogP contribution in [0, 0.1) is 5.82 Å². The lowest BCUT2D eigenvalue weighted by molar-refractivity contribution is 0.0690. The number of rotatable bonds is 10. The van der Waals surface area contributed by atoms with Crippen molar-refractivity contribution in [3.05, 3.63) is 35.8 Å². The molecule has 11 heteroatoms. The number of aliphatic hydroxyl groups is 1. The Bertz CT molecular complexity index is 1000. The third-order valence-corrected chi connectivity index (χ3v) is 4.53. The lowest BCUT2D eigenvalue weighted by atomic mass is 10.1. The molecule has 0 saturated carbocycles. The fourth-order valence-corrected chi connectivity index (χ4v) is 3.20. The van der Waals surface area contributed by atoms with E-state index < -0.39 is 11.8 Å². The number of aromatic nitrogens is 3. The van der Waals surface area contributed by atoms with Crippen LogP contribution in [0.15, 0.2) is 24.3 Å². The summed E-state index contributed by atoms with van der Waals surface area (Å²) in [6.07, 6.45) is 0. The predicted molar refractivity (Wildman–Crippen MR) is 105 cm³/mol. The van der Waals surface area contributed by atoms with Gasteiger partial charge in [-0.25, -0.2) is 14.2 Å². The van der Waals surface area contributed by atoms with Crippen molar-refractivity contribution < 1.29 is 28.9 Å². The van der Waals surface area contributed by atoms with Gasteiger partial charge in [0.2, 0.25) is 5.82 Å². The summed E-state index contributed by atoms with van der Waals surface area (Å²) in [5.41, 5.74) is 0.115. The van der Waals surface area contributed by atoms with Gasteiger partial charge in [0.25, 0.3) is 5.88 Å². The minimum absolute atomic E-state index is 0.0223. The molecule has 2 N–H and O–H groups in total. The first kappa shape index (κ1) is 20.7. The van der Waals surface area contributed by atoms with Crippen molar-refractivity contribution in [1.82, 2.24) is 13.7 Å². The highest BCUT2D eigenvalue weighted by Crippen LogP contribution is 2.27. The first-order chi connectivity index (χ1) is 14.0. The van der Waals surface area contributed by atoms with Gasteiger partial charge in [-0.2, -0.15) is 4.37 Å². The van der Waals surface area contributed by atoms with Crippen LogP contribution in [0.3, 0.4) is 0 Å². The highest BCUT2D eigenvalue weighted by atomic mass is 32.1. The van der Waals surface area contributed by atoms with E-state index in [1.54, 1.807) is 0 Å². The average Bonchev–Trinajstić information content (AvgIpc) is 3.17. The van der Waals surface area contributed by atoms with Gasteiger partial charge in [-0.1, -0.05) is 0 Å². The number of benzene rings is 1. The van der Waals surface area contributed by atoms with Crippen LogP contribution in [0.4, 0.5) is 10.2 Å². The van der Waals surface area contributed by atoms with Gasteiger partial charge in [0.1, 0.15) is 24.8 Å².